The highest BCUT2D eigenvalue weighted by molar-refractivity contribution is 7.13. The standard InChI is InChI=1S/C12H12N2O2S/c1-8-7-17-12(13-8)9-3-2-4-10(5-9)14-11(16)6-15/h2-5,7,15H,6H2,1H3,(H,14,16). The molecule has 4 nitrogen and oxygen atoms in total. The van der Waals surface area contributed by atoms with Crippen LogP contribution in [0.5, 0.6) is 0 Å². The highest BCUT2D eigenvalue weighted by Crippen LogP contribution is 2.25. The van der Waals surface area contributed by atoms with E-state index in [0.717, 1.165) is 16.3 Å². The minimum absolute atomic E-state index is 0.419. The molecule has 1 aromatic heterocycles. The van der Waals surface area contributed by atoms with E-state index in [-0.39, 0.29) is 0 Å². The number of aliphatic hydroxyl groups is 1. The lowest BCUT2D eigenvalue weighted by Crippen LogP contribution is -2.15. The van der Waals surface area contributed by atoms with E-state index < -0.39 is 12.5 Å². The zero-order valence-corrected chi connectivity index (χ0v) is 10.1. The maximum Gasteiger partial charge on any atom is 0.250 e. The third kappa shape index (κ3) is 2.89. The molecule has 88 valence electrons. The van der Waals surface area contributed by atoms with Crippen LogP contribution in [0.15, 0.2) is 29.6 Å². The van der Waals surface area contributed by atoms with Crippen molar-refractivity contribution in [3.63, 3.8) is 0 Å². The number of amides is 1. The summed E-state index contributed by atoms with van der Waals surface area (Å²) in [7, 11) is 0. The number of thiazole rings is 1. The molecule has 5 heteroatoms. The number of rotatable bonds is 3. The van der Waals surface area contributed by atoms with Gasteiger partial charge in [-0.05, 0) is 19.1 Å². The van der Waals surface area contributed by atoms with Gasteiger partial charge in [0.25, 0.3) is 0 Å². The largest absolute Gasteiger partial charge is 0.387 e. The number of carbonyl (C=O) groups is 1. The number of aromatic nitrogens is 1. The number of anilines is 1. The Labute approximate surface area is 103 Å². The van der Waals surface area contributed by atoms with Crippen LogP contribution < -0.4 is 5.32 Å². The van der Waals surface area contributed by atoms with E-state index in [4.69, 9.17) is 5.11 Å². The van der Waals surface area contributed by atoms with Crippen molar-refractivity contribution in [2.24, 2.45) is 0 Å². The Morgan fingerprint density at radius 1 is 1.53 bits per heavy atom. The Bertz CT molecular complexity index is 537. The van der Waals surface area contributed by atoms with Gasteiger partial charge < -0.3 is 10.4 Å². The Kier molecular flexibility index (Phi) is 3.51. The van der Waals surface area contributed by atoms with Crippen molar-refractivity contribution >= 4 is 22.9 Å². The van der Waals surface area contributed by atoms with Gasteiger partial charge in [-0.2, -0.15) is 0 Å². The van der Waals surface area contributed by atoms with Crippen molar-refractivity contribution in [3.8, 4) is 10.6 Å². The summed E-state index contributed by atoms with van der Waals surface area (Å²) >= 11 is 1.56. The molecule has 0 saturated heterocycles. The summed E-state index contributed by atoms with van der Waals surface area (Å²) < 4.78 is 0. The lowest BCUT2D eigenvalue weighted by atomic mass is 10.2. The predicted octanol–water partition coefficient (Wildman–Crippen LogP) is 2.05. The quantitative estimate of drug-likeness (QED) is 0.873. The van der Waals surface area contributed by atoms with Crippen LogP contribution in [-0.2, 0) is 4.79 Å². The molecule has 1 aromatic carbocycles. The number of nitrogens with one attached hydrogen (secondary N) is 1. The van der Waals surface area contributed by atoms with Gasteiger partial charge in [-0.3, -0.25) is 4.79 Å². The van der Waals surface area contributed by atoms with Crippen LogP contribution in [0.2, 0.25) is 0 Å². The van der Waals surface area contributed by atoms with E-state index in [0.29, 0.717) is 5.69 Å². The van der Waals surface area contributed by atoms with Crippen LogP contribution in [0.4, 0.5) is 5.69 Å². The van der Waals surface area contributed by atoms with Crippen LogP contribution in [-0.4, -0.2) is 22.6 Å². The minimum atomic E-state index is -0.513. The second-order valence-electron chi connectivity index (χ2n) is 3.58. The first-order valence-corrected chi connectivity index (χ1v) is 6.00. The van der Waals surface area contributed by atoms with Crippen molar-refractivity contribution in [2.45, 2.75) is 6.92 Å². The van der Waals surface area contributed by atoms with Gasteiger partial charge in [-0.1, -0.05) is 12.1 Å². The van der Waals surface area contributed by atoms with Gasteiger partial charge in [0, 0.05) is 22.3 Å². The van der Waals surface area contributed by atoms with Crippen LogP contribution in [0.3, 0.4) is 0 Å². The lowest BCUT2D eigenvalue weighted by Gasteiger charge is -2.04. The van der Waals surface area contributed by atoms with Gasteiger partial charge >= 0.3 is 0 Å². The van der Waals surface area contributed by atoms with Gasteiger partial charge in [0.15, 0.2) is 0 Å². The Balaban J connectivity index is 2.25. The third-order valence-electron chi connectivity index (χ3n) is 2.16. The van der Waals surface area contributed by atoms with Crippen LogP contribution >= 0.6 is 11.3 Å². The highest BCUT2D eigenvalue weighted by atomic mass is 32.1. The summed E-state index contributed by atoms with van der Waals surface area (Å²) in [6, 6.07) is 7.40. The first kappa shape index (κ1) is 11.8. The van der Waals surface area contributed by atoms with Gasteiger partial charge in [0.05, 0.1) is 0 Å². The number of aryl methyl sites for hydroxylation is 1. The zero-order valence-electron chi connectivity index (χ0n) is 9.30. The van der Waals surface area contributed by atoms with Crippen molar-refractivity contribution in [2.75, 3.05) is 11.9 Å². The predicted molar refractivity (Wildman–Crippen MR) is 68.0 cm³/mol. The molecule has 0 radical (unpaired) electrons. The maximum atomic E-state index is 11.1. The second kappa shape index (κ2) is 5.07. The fourth-order valence-corrected chi connectivity index (χ4v) is 2.21. The van der Waals surface area contributed by atoms with Crippen molar-refractivity contribution in [3.05, 3.63) is 35.3 Å². The molecule has 17 heavy (non-hydrogen) atoms. The van der Waals surface area contributed by atoms with Crippen molar-refractivity contribution in [1.82, 2.24) is 4.98 Å². The zero-order chi connectivity index (χ0) is 12.3. The van der Waals surface area contributed by atoms with E-state index in [1.807, 2.05) is 30.5 Å². The summed E-state index contributed by atoms with van der Waals surface area (Å²) in [5, 5.41) is 14.2. The molecule has 1 heterocycles. The van der Waals surface area contributed by atoms with Crippen LogP contribution in [0, 0.1) is 6.92 Å². The average Bonchev–Trinajstić information content (AvgIpc) is 2.76. The van der Waals surface area contributed by atoms with Crippen LogP contribution in [0.25, 0.3) is 10.6 Å². The fourth-order valence-electron chi connectivity index (χ4n) is 1.42. The number of nitrogens with zero attached hydrogens (tertiary/aromatic N) is 1. The molecule has 2 N–H and O–H groups in total. The monoisotopic (exact) mass is 248 g/mol. The number of aliphatic hydroxyl groups excluding tert-OH is 1. The van der Waals surface area contributed by atoms with Gasteiger partial charge in [-0.25, -0.2) is 4.98 Å². The molecule has 0 atom stereocenters. The summed E-state index contributed by atoms with van der Waals surface area (Å²) in [6.07, 6.45) is 0. The molecule has 0 aliphatic carbocycles. The van der Waals surface area contributed by atoms with Gasteiger partial charge in [0.2, 0.25) is 5.91 Å². The maximum absolute atomic E-state index is 11.1. The molecule has 0 aliphatic rings. The molecule has 1 amide bonds. The van der Waals surface area contributed by atoms with E-state index >= 15 is 0 Å². The number of carbonyl (C=O) groups excluding carboxylic acids is 1. The van der Waals surface area contributed by atoms with E-state index in [9.17, 15) is 4.79 Å². The number of benzene rings is 1. The lowest BCUT2D eigenvalue weighted by molar-refractivity contribution is -0.118. The van der Waals surface area contributed by atoms with Crippen molar-refractivity contribution in [1.29, 1.82) is 0 Å². The first-order chi connectivity index (χ1) is 8.19. The Morgan fingerprint density at radius 2 is 2.35 bits per heavy atom. The molecule has 0 fully saturated rings. The van der Waals surface area contributed by atoms with E-state index in [1.165, 1.54) is 0 Å². The molecule has 0 saturated carbocycles. The van der Waals surface area contributed by atoms with Gasteiger partial charge in [-0.15, -0.1) is 11.3 Å². The van der Waals surface area contributed by atoms with E-state index in [1.54, 1.807) is 17.4 Å². The van der Waals surface area contributed by atoms with Crippen LogP contribution in [0.1, 0.15) is 5.69 Å². The summed E-state index contributed by atoms with van der Waals surface area (Å²) in [5.74, 6) is -0.419. The topological polar surface area (TPSA) is 62.2 Å². The molecule has 0 spiro atoms. The smallest absolute Gasteiger partial charge is 0.250 e. The van der Waals surface area contributed by atoms with E-state index in [2.05, 4.69) is 10.3 Å². The minimum Gasteiger partial charge on any atom is -0.387 e. The SMILES string of the molecule is Cc1csc(-c2cccc(NC(=O)CO)c2)n1. The molecule has 0 unspecified atom stereocenters. The third-order valence-corrected chi connectivity index (χ3v) is 3.17. The Morgan fingerprint density at radius 3 is 3.00 bits per heavy atom. The van der Waals surface area contributed by atoms with Crippen molar-refractivity contribution < 1.29 is 9.90 Å². The summed E-state index contributed by atoms with van der Waals surface area (Å²) in [4.78, 5) is 15.4. The van der Waals surface area contributed by atoms with Gasteiger partial charge in [0.1, 0.15) is 11.6 Å². The second-order valence-corrected chi connectivity index (χ2v) is 4.44. The number of hydrogen-bond acceptors (Lipinski definition) is 4. The molecule has 0 bridgehead atoms. The molecule has 0 aliphatic heterocycles. The molecule has 2 rings (SSSR count). The summed E-state index contributed by atoms with van der Waals surface area (Å²) in [5.41, 5.74) is 2.60. The first-order valence-electron chi connectivity index (χ1n) is 5.12. The summed E-state index contributed by atoms with van der Waals surface area (Å²) in [6.45, 7) is 1.43. The number of hydrogen-bond donors (Lipinski definition) is 2. The molecular weight excluding hydrogens is 236 g/mol. The fraction of sp³-hybridized carbons (Fsp3) is 0.167. The Hall–Kier alpha value is -1.72. The molecule has 2 aromatic rings. The normalized spacial score (nSPS) is 10.2. The average molecular weight is 248 g/mol. The highest BCUT2D eigenvalue weighted by Gasteiger charge is 2.05. The molecular formula is C12H12N2O2S.